The first-order valence-electron chi connectivity index (χ1n) is 6.25. The molecule has 92 valence electrons. The first-order chi connectivity index (χ1) is 8.13. The molecule has 1 saturated heterocycles. The average molecular weight is 232 g/mol. The Morgan fingerprint density at radius 2 is 1.94 bits per heavy atom. The van der Waals surface area contributed by atoms with Crippen LogP contribution in [0.2, 0.25) is 0 Å². The number of anilines is 1. The van der Waals surface area contributed by atoms with Crippen molar-refractivity contribution in [3.63, 3.8) is 0 Å². The molecule has 1 atom stereocenters. The van der Waals surface area contributed by atoms with E-state index < -0.39 is 0 Å². The number of hydrogen-bond acceptors (Lipinski definition) is 2. The van der Waals surface area contributed by atoms with E-state index in [4.69, 9.17) is 0 Å². The molecule has 0 bridgehead atoms. The second-order valence-electron chi connectivity index (χ2n) is 4.91. The summed E-state index contributed by atoms with van der Waals surface area (Å²) in [7, 11) is 0. The number of benzene rings is 1. The molecule has 1 aliphatic heterocycles. The molecular weight excluding hydrogens is 212 g/mol. The van der Waals surface area contributed by atoms with Crippen LogP contribution < -0.4 is 10.6 Å². The van der Waals surface area contributed by atoms with Crippen molar-refractivity contribution >= 4 is 11.6 Å². The summed E-state index contributed by atoms with van der Waals surface area (Å²) in [5.74, 6) is 0.157. The van der Waals surface area contributed by atoms with Crippen LogP contribution in [-0.4, -0.2) is 18.5 Å². The van der Waals surface area contributed by atoms with Crippen LogP contribution in [0, 0.1) is 13.8 Å². The van der Waals surface area contributed by atoms with Gasteiger partial charge in [-0.1, -0.05) is 6.07 Å². The van der Waals surface area contributed by atoms with Crippen molar-refractivity contribution in [2.75, 3.05) is 11.9 Å². The fraction of sp³-hybridized carbons (Fsp3) is 0.500. The highest BCUT2D eigenvalue weighted by molar-refractivity contribution is 5.77. The van der Waals surface area contributed by atoms with Crippen molar-refractivity contribution < 1.29 is 4.79 Å². The van der Waals surface area contributed by atoms with E-state index in [1.807, 2.05) is 0 Å². The van der Waals surface area contributed by atoms with Crippen molar-refractivity contribution in [2.45, 2.75) is 39.2 Å². The molecule has 1 unspecified atom stereocenters. The normalized spacial score (nSPS) is 20.6. The molecule has 0 aliphatic carbocycles. The van der Waals surface area contributed by atoms with E-state index in [0.29, 0.717) is 6.42 Å². The molecule has 1 heterocycles. The van der Waals surface area contributed by atoms with Crippen LogP contribution in [0.5, 0.6) is 0 Å². The van der Waals surface area contributed by atoms with Gasteiger partial charge in [0.25, 0.3) is 0 Å². The number of aryl methyl sites for hydroxylation is 2. The van der Waals surface area contributed by atoms with Gasteiger partial charge in [-0.25, -0.2) is 0 Å². The van der Waals surface area contributed by atoms with Crippen molar-refractivity contribution in [3.8, 4) is 0 Å². The van der Waals surface area contributed by atoms with Gasteiger partial charge in [0.15, 0.2) is 0 Å². The summed E-state index contributed by atoms with van der Waals surface area (Å²) in [5, 5.41) is 6.38. The third-order valence-corrected chi connectivity index (χ3v) is 3.08. The summed E-state index contributed by atoms with van der Waals surface area (Å²) in [6.45, 7) is 5.00. The van der Waals surface area contributed by atoms with Gasteiger partial charge < -0.3 is 10.6 Å². The molecule has 0 spiro atoms. The van der Waals surface area contributed by atoms with E-state index in [-0.39, 0.29) is 11.9 Å². The van der Waals surface area contributed by atoms with Crippen LogP contribution in [0.4, 0.5) is 5.69 Å². The van der Waals surface area contributed by atoms with Crippen LogP contribution in [0.1, 0.15) is 30.4 Å². The Kier molecular flexibility index (Phi) is 3.67. The average Bonchev–Trinajstić information content (AvgIpc) is 2.41. The second kappa shape index (κ2) is 5.21. The summed E-state index contributed by atoms with van der Waals surface area (Å²) in [4.78, 5) is 11.5. The van der Waals surface area contributed by atoms with E-state index in [1.165, 1.54) is 11.1 Å². The molecule has 1 aromatic rings. The fourth-order valence-electron chi connectivity index (χ4n) is 2.39. The molecule has 1 aliphatic rings. The highest BCUT2D eigenvalue weighted by Crippen LogP contribution is 2.18. The predicted octanol–water partition coefficient (Wildman–Crippen LogP) is 2.38. The summed E-state index contributed by atoms with van der Waals surface area (Å²) >= 11 is 0. The Balaban J connectivity index is 2.06. The maximum atomic E-state index is 11.5. The minimum absolute atomic E-state index is 0.157. The zero-order chi connectivity index (χ0) is 12.3. The second-order valence-corrected chi connectivity index (χ2v) is 4.91. The van der Waals surface area contributed by atoms with Crippen molar-refractivity contribution in [1.82, 2.24) is 5.32 Å². The molecule has 3 heteroatoms. The minimum Gasteiger partial charge on any atom is -0.382 e. The number of nitrogens with one attached hydrogen (secondary N) is 2. The van der Waals surface area contributed by atoms with Crippen LogP contribution >= 0.6 is 0 Å². The van der Waals surface area contributed by atoms with Gasteiger partial charge in [0.2, 0.25) is 5.91 Å². The first-order valence-corrected chi connectivity index (χ1v) is 6.25. The highest BCUT2D eigenvalue weighted by atomic mass is 16.1. The van der Waals surface area contributed by atoms with Gasteiger partial charge in [-0.2, -0.15) is 0 Å². The maximum absolute atomic E-state index is 11.5. The molecule has 2 rings (SSSR count). The Hall–Kier alpha value is -1.51. The molecule has 0 saturated carbocycles. The number of carbonyl (C=O) groups is 1. The van der Waals surface area contributed by atoms with E-state index in [0.717, 1.165) is 25.1 Å². The largest absolute Gasteiger partial charge is 0.382 e. The van der Waals surface area contributed by atoms with E-state index in [9.17, 15) is 4.79 Å². The summed E-state index contributed by atoms with van der Waals surface area (Å²) in [6.07, 6.45) is 2.67. The highest BCUT2D eigenvalue weighted by Gasteiger charge is 2.16. The Morgan fingerprint density at radius 3 is 2.65 bits per heavy atom. The zero-order valence-corrected chi connectivity index (χ0v) is 10.5. The molecular formula is C14H20N2O. The monoisotopic (exact) mass is 232 g/mol. The summed E-state index contributed by atoms with van der Waals surface area (Å²) in [5.41, 5.74) is 3.64. The van der Waals surface area contributed by atoms with E-state index in [2.05, 4.69) is 42.7 Å². The van der Waals surface area contributed by atoms with E-state index >= 15 is 0 Å². The van der Waals surface area contributed by atoms with Gasteiger partial charge in [-0.15, -0.1) is 0 Å². The predicted molar refractivity (Wildman–Crippen MR) is 70.2 cm³/mol. The SMILES string of the molecule is Cc1cc(C)cc(NC2CCCNC(=O)C2)c1. The van der Waals surface area contributed by atoms with Crippen molar-refractivity contribution in [3.05, 3.63) is 29.3 Å². The zero-order valence-electron chi connectivity index (χ0n) is 10.5. The van der Waals surface area contributed by atoms with Gasteiger partial charge in [-0.3, -0.25) is 4.79 Å². The lowest BCUT2D eigenvalue weighted by Crippen LogP contribution is -2.26. The van der Waals surface area contributed by atoms with Crippen molar-refractivity contribution in [2.24, 2.45) is 0 Å². The number of amides is 1. The lowest BCUT2D eigenvalue weighted by atomic mass is 10.1. The first kappa shape index (κ1) is 12.0. The molecule has 1 aromatic carbocycles. The Labute approximate surface area is 103 Å². The molecule has 3 nitrogen and oxygen atoms in total. The lowest BCUT2D eigenvalue weighted by Gasteiger charge is -2.17. The molecule has 1 amide bonds. The van der Waals surface area contributed by atoms with E-state index in [1.54, 1.807) is 0 Å². The van der Waals surface area contributed by atoms with Gasteiger partial charge >= 0.3 is 0 Å². The molecule has 0 aromatic heterocycles. The number of rotatable bonds is 2. The van der Waals surface area contributed by atoms with Crippen molar-refractivity contribution in [1.29, 1.82) is 0 Å². The quantitative estimate of drug-likeness (QED) is 0.822. The van der Waals surface area contributed by atoms with Crippen LogP contribution in [0.15, 0.2) is 18.2 Å². The molecule has 1 fully saturated rings. The van der Waals surface area contributed by atoms with Crippen LogP contribution in [0.25, 0.3) is 0 Å². The standard InChI is InChI=1S/C14H20N2O/c1-10-6-11(2)8-13(7-10)16-12-4-3-5-15-14(17)9-12/h6-8,12,16H,3-5,9H2,1-2H3,(H,15,17). The van der Waals surface area contributed by atoms with Gasteiger partial charge in [-0.05, 0) is 49.9 Å². The summed E-state index contributed by atoms with van der Waals surface area (Å²) in [6, 6.07) is 6.69. The van der Waals surface area contributed by atoms with Gasteiger partial charge in [0.05, 0.1) is 0 Å². The smallest absolute Gasteiger partial charge is 0.222 e. The van der Waals surface area contributed by atoms with Crippen LogP contribution in [-0.2, 0) is 4.79 Å². The Morgan fingerprint density at radius 1 is 1.24 bits per heavy atom. The van der Waals surface area contributed by atoms with Gasteiger partial charge in [0.1, 0.15) is 0 Å². The minimum atomic E-state index is 0.157. The maximum Gasteiger partial charge on any atom is 0.222 e. The summed E-state index contributed by atoms with van der Waals surface area (Å²) < 4.78 is 0. The topological polar surface area (TPSA) is 41.1 Å². The number of hydrogen-bond donors (Lipinski definition) is 2. The molecule has 17 heavy (non-hydrogen) atoms. The third kappa shape index (κ3) is 3.48. The molecule has 2 N–H and O–H groups in total. The third-order valence-electron chi connectivity index (χ3n) is 3.08. The fourth-order valence-corrected chi connectivity index (χ4v) is 2.39. The number of carbonyl (C=O) groups excluding carboxylic acids is 1. The van der Waals surface area contributed by atoms with Gasteiger partial charge in [0, 0.05) is 24.7 Å². The molecule has 0 radical (unpaired) electrons. The van der Waals surface area contributed by atoms with Crippen LogP contribution in [0.3, 0.4) is 0 Å². The lowest BCUT2D eigenvalue weighted by molar-refractivity contribution is -0.120. The Bertz CT molecular complexity index is 394.